The number of nitriles is 1. The highest BCUT2D eigenvalue weighted by Crippen LogP contribution is 2.27. The van der Waals surface area contributed by atoms with Gasteiger partial charge in [0.05, 0.1) is 10.6 Å². The molecule has 4 nitrogen and oxygen atoms in total. The first-order chi connectivity index (χ1) is 7.56. The van der Waals surface area contributed by atoms with Gasteiger partial charge < -0.3 is 9.67 Å². The Morgan fingerprint density at radius 3 is 2.81 bits per heavy atom. The highest BCUT2D eigenvalue weighted by molar-refractivity contribution is 6.32. The van der Waals surface area contributed by atoms with Gasteiger partial charge in [-0.15, -0.1) is 0 Å². The number of hydrogen-bond acceptors (Lipinski definition) is 2. The summed E-state index contributed by atoms with van der Waals surface area (Å²) in [5, 5.41) is 18.8. The molecule has 2 aromatic rings. The summed E-state index contributed by atoms with van der Waals surface area (Å²) in [4.78, 5) is 10.9. The first kappa shape index (κ1) is 10.5. The van der Waals surface area contributed by atoms with Crippen LogP contribution in [0.2, 0.25) is 5.02 Å². The number of aromatic nitrogens is 1. The molecule has 0 aliphatic carbocycles. The van der Waals surface area contributed by atoms with Gasteiger partial charge in [-0.3, -0.25) is 0 Å². The second-order valence-corrected chi connectivity index (χ2v) is 3.77. The van der Waals surface area contributed by atoms with Crippen LogP contribution < -0.4 is 0 Å². The van der Waals surface area contributed by atoms with Gasteiger partial charge in [0.1, 0.15) is 11.8 Å². The van der Waals surface area contributed by atoms with E-state index in [1.165, 1.54) is 10.6 Å². The SMILES string of the molecule is Cn1c(C(=O)O)cc2c(C#N)c(Cl)ccc21. The van der Waals surface area contributed by atoms with E-state index in [4.69, 9.17) is 22.0 Å². The zero-order valence-corrected chi connectivity index (χ0v) is 9.12. The van der Waals surface area contributed by atoms with E-state index in [2.05, 4.69) is 0 Å². The number of hydrogen-bond donors (Lipinski definition) is 1. The van der Waals surface area contributed by atoms with E-state index in [0.29, 0.717) is 21.5 Å². The van der Waals surface area contributed by atoms with E-state index < -0.39 is 5.97 Å². The summed E-state index contributed by atoms with van der Waals surface area (Å²) in [6.07, 6.45) is 0. The number of carboxylic acids is 1. The van der Waals surface area contributed by atoms with Gasteiger partial charge in [-0.1, -0.05) is 11.6 Å². The van der Waals surface area contributed by atoms with E-state index in [0.717, 1.165) is 0 Å². The Morgan fingerprint density at radius 2 is 2.25 bits per heavy atom. The number of aryl methyl sites for hydroxylation is 1. The molecule has 0 aliphatic rings. The third-order valence-corrected chi connectivity index (χ3v) is 2.82. The molecule has 1 N–H and O–H groups in total. The standard InChI is InChI=1S/C11H7ClN2O2/c1-14-9-3-2-8(12)7(5-13)6(9)4-10(14)11(15)16/h2-4H,1H3,(H,15,16). The molecule has 0 atom stereocenters. The Morgan fingerprint density at radius 1 is 1.56 bits per heavy atom. The lowest BCUT2D eigenvalue weighted by Gasteiger charge is -2.00. The minimum atomic E-state index is -1.03. The second-order valence-electron chi connectivity index (χ2n) is 3.36. The number of halogens is 1. The fourth-order valence-electron chi connectivity index (χ4n) is 1.70. The predicted molar refractivity (Wildman–Crippen MR) is 59.6 cm³/mol. The van der Waals surface area contributed by atoms with Gasteiger partial charge in [0.15, 0.2) is 0 Å². The first-order valence-electron chi connectivity index (χ1n) is 4.47. The number of nitrogens with zero attached hydrogens (tertiary/aromatic N) is 2. The topological polar surface area (TPSA) is 66.0 Å². The van der Waals surface area contributed by atoms with Crippen molar-refractivity contribution in [1.82, 2.24) is 4.57 Å². The smallest absolute Gasteiger partial charge is 0.352 e. The van der Waals surface area contributed by atoms with Crippen LogP contribution in [0.15, 0.2) is 18.2 Å². The Bertz CT molecular complexity index is 637. The van der Waals surface area contributed by atoms with Gasteiger partial charge in [-0.2, -0.15) is 5.26 Å². The Labute approximate surface area is 96.3 Å². The van der Waals surface area contributed by atoms with Crippen LogP contribution in [-0.4, -0.2) is 15.6 Å². The number of carbonyl (C=O) groups is 1. The molecule has 1 aromatic heterocycles. The Kier molecular flexibility index (Phi) is 2.33. The number of benzene rings is 1. The van der Waals surface area contributed by atoms with Crippen molar-refractivity contribution in [2.75, 3.05) is 0 Å². The highest BCUT2D eigenvalue weighted by Gasteiger charge is 2.15. The second kappa shape index (κ2) is 3.54. The molecule has 5 heteroatoms. The fraction of sp³-hybridized carbons (Fsp3) is 0.0909. The summed E-state index contributed by atoms with van der Waals surface area (Å²) >= 11 is 5.87. The van der Waals surface area contributed by atoms with Crippen molar-refractivity contribution < 1.29 is 9.90 Å². The molecule has 0 radical (unpaired) electrons. The minimum absolute atomic E-state index is 0.133. The maximum Gasteiger partial charge on any atom is 0.352 e. The lowest BCUT2D eigenvalue weighted by molar-refractivity contribution is 0.0687. The van der Waals surface area contributed by atoms with Crippen LogP contribution in [0.5, 0.6) is 0 Å². The average Bonchev–Trinajstić information content (AvgIpc) is 2.56. The van der Waals surface area contributed by atoms with Gasteiger partial charge in [0.2, 0.25) is 0 Å². The summed E-state index contributed by atoms with van der Waals surface area (Å²) in [7, 11) is 1.64. The molecule has 0 bridgehead atoms. The molecule has 0 unspecified atom stereocenters. The molecule has 2 rings (SSSR count). The maximum atomic E-state index is 10.9. The third-order valence-electron chi connectivity index (χ3n) is 2.51. The third kappa shape index (κ3) is 1.34. The molecule has 16 heavy (non-hydrogen) atoms. The molecule has 0 amide bonds. The van der Waals surface area contributed by atoms with E-state index in [-0.39, 0.29) is 5.69 Å². The lowest BCUT2D eigenvalue weighted by Crippen LogP contribution is -2.03. The Balaban J connectivity index is 2.92. The van der Waals surface area contributed by atoms with Crippen LogP contribution in [0.25, 0.3) is 10.9 Å². The van der Waals surface area contributed by atoms with Crippen molar-refractivity contribution in [1.29, 1.82) is 5.26 Å². The number of aromatic carboxylic acids is 1. The summed E-state index contributed by atoms with van der Waals surface area (Å²) in [5.74, 6) is -1.03. The quantitative estimate of drug-likeness (QED) is 0.824. The van der Waals surface area contributed by atoms with Gasteiger partial charge in [-0.25, -0.2) is 4.79 Å². The van der Waals surface area contributed by atoms with Crippen molar-refractivity contribution in [2.24, 2.45) is 7.05 Å². The first-order valence-corrected chi connectivity index (χ1v) is 4.85. The zero-order chi connectivity index (χ0) is 11.9. The van der Waals surface area contributed by atoms with E-state index >= 15 is 0 Å². The van der Waals surface area contributed by atoms with Crippen LogP contribution in [0.3, 0.4) is 0 Å². The molecule has 0 saturated carbocycles. The molecule has 0 fully saturated rings. The van der Waals surface area contributed by atoms with Crippen LogP contribution in [0.4, 0.5) is 0 Å². The van der Waals surface area contributed by atoms with Crippen molar-refractivity contribution in [3.63, 3.8) is 0 Å². The van der Waals surface area contributed by atoms with Crippen LogP contribution in [0, 0.1) is 11.3 Å². The zero-order valence-electron chi connectivity index (χ0n) is 8.36. The summed E-state index contributed by atoms with van der Waals surface area (Å²) in [5.41, 5.74) is 1.12. The van der Waals surface area contributed by atoms with E-state index in [9.17, 15) is 4.79 Å². The Hall–Kier alpha value is -1.99. The van der Waals surface area contributed by atoms with Gasteiger partial charge in [0.25, 0.3) is 0 Å². The molecule has 80 valence electrons. The molecule has 1 heterocycles. The summed E-state index contributed by atoms with van der Waals surface area (Å²) < 4.78 is 1.52. The van der Waals surface area contributed by atoms with Crippen LogP contribution in [0.1, 0.15) is 16.1 Å². The van der Waals surface area contributed by atoms with Crippen LogP contribution >= 0.6 is 11.6 Å². The molecule has 0 spiro atoms. The van der Waals surface area contributed by atoms with Crippen molar-refractivity contribution in [3.05, 3.63) is 34.5 Å². The molecule has 0 saturated heterocycles. The van der Waals surface area contributed by atoms with Crippen molar-refractivity contribution >= 4 is 28.5 Å². The van der Waals surface area contributed by atoms with Crippen molar-refractivity contribution in [2.45, 2.75) is 0 Å². The molecule has 1 aromatic carbocycles. The van der Waals surface area contributed by atoms with Crippen LogP contribution in [-0.2, 0) is 7.05 Å². The fourth-order valence-corrected chi connectivity index (χ4v) is 1.91. The maximum absolute atomic E-state index is 10.9. The van der Waals surface area contributed by atoms with Gasteiger partial charge in [-0.05, 0) is 18.2 Å². The lowest BCUT2D eigenvalue weighted by atomic mass is 10.1. The monoisotopic (exact) mass is 234 g/mol. The van der Waals surface area contributed by atoms with Gasteiger partial charge in [0, 0.05) is 18.0 Å². The van der Waals surface area contributed by atoms with Gasteiger partial charge >= 0.3 is 5.97 Å². The minimum Gasteiger partial charge on any atom is -0.477 e. The summed E-state index contributed by atoms with van der Waals surface area (Å²) in [6, 6.07) is 6.73. The molecular formula is C11H7ClN2O2. The normalized spacial score (nSPS) is 10.3. The van der Waals surface area contributed by atoms with Crippen molar-refractivity contribution in [3.8, 4) is 6.07 Å². The van der Waals surface area contributed by atoms with E-state index in [1.807, 2.05) is 6.07 Å². The number of rotatable bonds is 1. The average molecular weight is 235 g/mol. The molecular weight excluding hydrogens is 228 g/mol. The number of carboxylic acid groups (broad SMARTS) is 1. The predicted octanol–water partition coefficient (Wildman–Crippen LogP) is 2.40. The van der Waals surface area contributed by atoms with E-state index in [1.54, 1.807) is 19.2 Å². The summed E-state index contributed by atoms with van der Waals surface area (Å²) in [6.45, 7) is 0. The molecule has 0 aliphatic heterocycles. The highest BCUT2D eigenvalue weighted by atomic mass is 35.5. The number of fused-ring (bicyclic) bond motifs is 1. The largest absolute Gasteiger partial charge is 0.477 e.